The lowest BCUT2D eigenvalue weighted by Gasteiger charge is -2.19. The standard InChI is InChI=1S/C15H26N2O2S/c1-4-8-14(17-11-5-2)12-13-9-6-7-10-15(13)20(18,19)16-3/h6-7,9-10,14,16-17H,4-5,8,11-12H2,1-3H3. The molecule has 0 radical (unpaired) electrons. The average molecular weight is 298 g/mol. The van der Waals surface area contributed by atoms with Crippen LogP contribution in [0.2, 0.25) is 0 Å². The summed E-state index contributed by atoms with van der Waals surface area (Å²) in [5, 5.41) is 3.50. The second kappa shape index (κ2) is 8.39. The van der Waals surface area contributed by atoms with Crippen molar-refractivity contribution in [3.05, 3.63) is 29.8 Å². The fourth-order valence-electron chi connectivity index (χ4n) is 2.28. The molecule has 20 heavy (non-hydrogen) atoms. The number of hydrogen-bond donors (Lipinski definition) is 2. The van der Waals surface area contributed by atoms with Crippen LogP contribution in [0.15, 0.2) is 29.2 Å². The van der Waals surface area contributed by atoms with Crippen molar-refractivity contribution in [2.45, 2.75) is 50.5 Å². The molecule has 0 aliphatic carbocycles. The molecule has 0 spiro atoms. The Morgan fingerprint density at radius 1 is 1.15 bits per heavy atom. The summed E-state index contributed by atoms with van der Waals surface area (Å²) >= 11 is 0. The van der Waals surface area contributed by atoms with E-state index in [1.165, 1.54) is 7.05 Å². The maximum Gasteiger partial charge on any atom is 0.240 e. The SMILES string of the molecule is CCCNC(CCC)Cc1ccccc1S(=O)(=O)NC. The Hall–Kier alpha value is -0.910. The zero-order chi connectivity index (χ0) is 15.0. The van der Waals surface area contributed by atoms with E-state index < -0.39 is 10.0 Å². The van der Waals surface area contributed by atoms with Gasteiger partial charge in [-0.2, -0.15) is 0 Å². The third kappa shape index (κ3) is 4.89. The molecule has 4 nitrogen and oxygen atoms in total. The molecule has 0 aromatic heterocycles. The van der Waals surface area contributed by atoms with Crippen LogP contribution in [-0.2, 0) is 16.4 Å². The van der Waals surface area contributed by atoms with Gasteiger partial charge in [-0.25, -0.2) is 13.1 Å². The summed E-state index contributed by atoms with van der Waals surface area (Å²) in [6, 6.07) is 7.56. The molecule has 114 valence electrons. The number of benzene rings is 1. The van der Waals surface area contributed by atoms with E-state index in [4.69, 9.17) is 0 Å². The molecule has 5 heteroatoms. The second-order valence-corrected chi connectivity index (χ2v) is 6.81. The highest BCUT2D eigenvalue weighted by atomic mass is 32.2. The van der Waals surface area contributed by atoms with Gasteiger partial charge in [-0.1, -0.05) is 38.5 Å². The molecule has 0 heterocycles. The minimum absolute atomic E-state index is 0.327. The normalized spacial score (nSPS) is 13.3. The Bertz CT molecular complexity index is 500. The molecule has 1 aromatic carbocycles. The molecule has 0 bridgehead atoms. The smallest absolute Gasteiger partial charge is 0.240 e. The molecule has 1 rings (SSSR count). The summed E-state index contributed by atoms with van der Waals surface area (Å²) < 4.78 is 26.5. The largest absolute Gasteiger partial charge is 0.314 e. The van der Waals surface area contributed by atoms with Crippen LogP contribution in [-0.4, -0.2) is 28.1 Å². The first-order valence-electron chi connectivity index (χ1n) is 7.30. The van der Waals surface area contributed by atoms with E-state index in [0.29, 0.717) is 10.9 Å². The molecule has 1 atom stereocenters. The molecule has 1 aromatic rings. The third-order valence-corrected chi connectivity index (χ3v) is 4.83. The van der Waals surface area contributed by atoms with E-state index >= 15 is 0 Å². The summed E-state index contributed by atoms with van der Waals surface area (Å²) in [6.45, 7) is 5.25. The zero-order valence-corrected chi connectivity index (χ0v) is 13.5. The van der Waals surface area contributed by atoms with E-state index in [-0.39, 0.29) is 0 Å². The highest BCUT2D eigenvalue weighted by Gasteiger charge is 2.18. The van der Waals surface area contributed by atoms with Crippen molar-refractivity contribution in [2.24, 2.45) is 0 Å². The van der Waals surface area contributed by atoms with Crippen LogP contribution in [0.1, 0.15) is 38.7 Å². The van der Waals surface area contributed by atoms with E-state index in [1.54, 1.807) is 12.1 Å². The quantitative estimate of drug-likeness (QED) is 0.735. The van der Waals surface area contributed by atoms with E-state index in [2.05, 4.69) is 23.9 Å². The van der Waals surface area contributed by atoms with Crippen molar-refractivity contribution in [3.8, 4) is 0 Å². The van der Waals surface area contributed by atoms with Crippen LogP contribution in [0, 0.1) is 0 Å². The second-order valence-electron chi connectivity index (χ2n) is 4.96. The minimum Gasteiger partial charge on any atom is -0.314 e. The van der Waals surface area contributed by atoms with Crippen molar-refractivity contribution >= 4 is 10.0 Å². The van der Waals surface area contributed by atoms with Crippen LogP contribution in [0.5, 0.6) is 0 Å². The molecule has 0 saturated carbocycles. The van der Waals surface area contributed by atoms with Gasteiger partial charge in [-0.15, -0.1) is 0 Å². The van der Waals surface area contributed by atoms with Gasteiger partial charge in [0.2, 0.25) is 10.0 Å². The first-order valence-corrected chi connectivity index (χ1v) is 8.78. The van der Waals surface area contributed by atoms with Gasteiger partial charge in [0, 0.05) is 6.04 Å². The lowest BCUT2D eigenvalue weighted by Crippen LogP contribution is -2.32. The Kier molecular flexibility index (Phi) is 7.19. The van der Waals surface area contributed by atoms with E-state index in [1.807, 2.05) is 12.1 Å². The summed E-state index contributed by atoms with van der Waals surface area (Å²) in [5.41, 5.74) is 0.879. The predicted molar refractivity (Wildman–Crippen MR) is 83.4 cm³/mol. The number of rotatable bonds is 9. The lowest BCUT2D eigenvalue weighted by molar-refractivity contribution is 0.470. The van der Waals surface area contributed by atoms with Gasteiger partial charge in [-0.05, 0) is 44.5 Å². The Labute approximate surface area is 123 Å². The molecule has 1 unspecified atom stereocenters. The van der Waals surface area contributed by atoms with Gasteiger partial charge in [0.15, 0.2) is 0 Å². The predicted octanol–water partition coefficient (Wildman–Crippen LogP) is 2.31. The molecule has 0 amide bonds. The van der Waals surface area contributed by atoms with Gasteiger partial charge in [-0.3, -0.25) is 0 Å². The van der Waals surface area contributed by atoms with Crippen molar-refractivity contribution in [1.29, 1.82) is 0 Å². The van der Waals surface area contributed by atoms with Crippen molar-refractivity contribution < 1.29 is 8.42 Å². The minimum atomic E-state index is -3.39. The Balaban J connectivity index is 2.95. The maximum absolute atomic E-state index is 12.0. The highest BCUT2D eigenvalue weighted by Crippen LogP contribution is 2.18. The lowest BCUT2D eigenvalue weighted by atomic mass is 10.0. The molecule has 0 saturated heterocycles. The first-order chi connectivity index (χ1) is 9.55. The zero-order valence-electron chi connectivity index (χ0n) is 12.6. The monoisotopic (exact) mass is 298 g/mol. The first kappa shape index (κ1) is 17.1. The van der Waals surface area contributed by atoms with Crippen molar-refractivity contribution in [3.63, 3.8) is 0 Å². The van der Waals surface area contributed by atoms with Crippen LogP contribution in [0.4, 0.5) is 0 Å². The van der Waals surface area contributed by atoms with Crippen LogP contribution in [0.25, 0.3) is 0 Å². The van der Waals surface area contributed by atoms with Gasteiger partial charge < -0.3 is 5.32 Å². The maximum atomic E-state index is 12.0. The molecular formula is C15H26N2O2S. The van der Waals surface area contributed by atoms with Crippen LogP contribution >= 0.6 is 0 Å². The van der Waals surface area contributed by atoms with Crippen molar-refractivity contribution in [2.75, 3.05) is 13.6 Å². The van der Waals surface area contributed by atoms with Crippen LogP contribution < -0.4 is 10.0 Å². The topological polar surface area (TPSA) is 58.2 Å². The number of nitrogens with one attached hydrogen (secondary N) is 2. The summed E-state index contributed by atoms with van der Waals surface area (Å²) in [4.78, 5) is 0.391. The Morgan fingerprint density at radius 2 is 1.85 bits per heavy atom. The number of hydrogen-bond acceptors (Lipinski definition) is 3. The Morgan fingerprint density at radius 3 is 2.45 bits per heavy atom. The molecular weight excluding hydrogens is 272 g/mol. The third-order valence-electron chi connectivity index (χ3n) is 3.32. The summed E-state index contributed by atoms with van der Waals surface area (Å²) in [7, 11) is -1.94. The van der Waals surface area contributed by atoms with E-state index in [0.717, 1.165) is 37.8 Å². The molecule has 0 aliphatic rings. The van der Waals surface area contributed by atoms with Gasteiger partial charge in [0.1, 0.15) is 0 Å². The highest BCUT2D eigenvalue weighted by molar-refractivity contribution is 7.89. The van der Waals surface area contributed by atoms with Gasteiger partial charge in [0.25, 0.3) is 0 Å². The molecule has 0 fully saturated rings. The van der Waals surface area contributed by atoms with E-state index in [9.17, 15) is 8.42 Å². The number of sulfonamides is 1. The van der Waals surface area contributed by atoms with Crippen LogP contribution in [0.3, 0.4) is 0 Å². The summed E-state index contributed by atoms with van der Waals surface area (Å²) in [6.07, 6.45) is 3.96. The average Bonchev–Trinajstić information content (AvgIpc) is 2.45. The van der Waals surface area contributed by atoms with Gasteiger partial charge >= 0.3 is 0 Å². The molecule has 2 N–H and O–H groups in total. The summed E-state index contributed by atoms with van der Waals surface area (Å²) in [5.74, 6) is 0. The molecule has 0 aliphatic heterocycles. The fraction of sp³-hybridized carbons (Fsp3) is 0.600. The van der Waals surface area contributed by atoms with Crippen molar-refractivity contribution in [1.82, 2.24) is 10.0 Å². The fourth-order valence-corrected chi connectivity index (χ4v) is 3.26. The van der Waals surface area contributed by atoms with Gasteiger partial charge in [0.05, 0.1) is 4.90 Å².